The number of amides is 3. The van der Waals surface area contributed by atoms with E-state index in [0.29, 0.717) is 10.7 Å². The summed E-state index contributed by atoms with van der Waals surface area (Å²) in [5.41, 5.74) is 0.500. The third-order valence-corrected chi connectivity index (χ3v) is 3.52. The Morgan fingerprint density at radius 1 is 1.19 bits per heavy atom. The fraction of sp³-hybridized carbons (Fsp3) is 0.176. The molecule has 1 aromatic carbocycles. The minimum absolute atomic E-state index is 0.0852. The van der Waals surface area contributed by atoms with E-state index in [9.17, 15) is 18.8 Å². The summed E-state index contributed by atoms with van der Waals surface area (Å²) in [5.74, 6) is -1.88. The third kappa shape index (κ3) is 5.82. The molecule has 0 atom stereocenters. The number of rotatable bonds is 6. The molecule has 9 heteroatoms. The molecule has 2 aromatic rings. The van der Waals surface area contributed by atoms with E-state index in [1.165, 1.54) is 49.6 Å². The number of likely N-dealkylation sites (N-methyl/N-ethyl adjacent to an activating group) is 1. The Morgan fingerprint density at radius 3 is 2.54 bits per heavy atom. The minimum atomic E-state index is -0.551. The molecule has 3 amide bonds. The van der Waals surface area contributed by atoms with Crippen molar-refractivity contribution in [1.29, 1.82) is 0 Å². The smallest absolute Gasteiger partial charge is 0.270 e. The van der Waals surface area contributed by atoms with Crippen LogP contribution in [0.3, 0.4) is 0 Å². The number of hydrogen-bond acceptors (Lipinski definition) is 4. The van der Waals surface area contributed by atoms with Gasteiger partial charge in [0.25, 0.3) is 5.91 Å². The monoisotopic (exact) mass is 378 g/mol. The SMILES string of the molecule is CN(CC(=O)Nc1ccc(F)cc1)C(=O)CNC(=O)c1cc(Cl)ccn1. The first-order valence-electron chi connectivity index (χ1n) is 7.54. The van der Waals surface area contributed by atoms with Gasteiger partial charge in [-0.2, -0.15) is 0 Å². The molecule has 0 saturated heterocycles. The molecule has 1 aromatic heterocycles. The van der Waals surface area contributed by atoms with Crippen molar-refractivity contribution in [2.24, 2.45) is 0 Å². The zero-order valence-electron chi connectivity index (χ0n) is 13.8. The second kappa shape index (κ2) is 8.91. The Labute approximate surface area is 154 Å². The summed E-state index contributed by atoms with van der Waals surface area (Å²) in [5, 5.41) is 5.30. The number of halogens is 2. The number of nitrogens with one attached hydrogen (secondary N) is 2. The molecule has 0 aliphatic carbocycles. The van der Waals surface area contributed by atoms with Crippen molar-refractivity contribution in [1.82, 2.24) is 15.2 Å². The Hall–Kier alpha value is -3.00. The van der Waals surface area contributed by atoms with Crippen LogP contribution < -0.4 is 10.6 Å². The highest BCUT2D eigenvalue weighted by molar-refractivity contribution is 6.30. The van der Waals surface area contributed by atoms with Gasteiger partial charge in [-0.1, -0.05) is 11.6 Å². The van der Waals surface area contributed by atoms with Crippen LogP contribution >= 0.6 is 11.6 Å². The van der Waals surface area contributed by atoms with Gasteiger partial charge >= 0.3 is 0 Å². The first-order valence-corrected chi connectivity index (χ1v) is 7.92. The van der Waals surface area contributed by atoms with E-state index >= 15 is 0 Å². The van der Waals surface area contributed by atoms with Crippen molar-refractivity contribution in [2.45, 2.75) is 0 Å². The van der Waals surface area contributed by atoms with Crippen LogP contribution in [-0.2, 0) is 9.59 Å². The number of carbonyl (C=O) groups excluding carboxylic acids is 3. The molecule has 2 N–H and O–H groups in total. The number of anilines is 1. The van der Waals surface area contributed by atoms with Gasteiger partial charge in [0.15, 0.2) is 0 Å². The molecular formula is C17H16ClFN4O3. The van der Waals surface area contributed by atoms with Gasteiger partial charge < -0.3 is 15.5 Å². The minimum Gasteiger partial charge on any atom is -0.342 e. The van der Waals surface area contributed by atoms with Gasteiger partial charge in [-0.25, -0.2) is 4.39 Å². The van der Waals surface area contributed by atoms with Crippen molar-refractivity contribution in [3.05, 3.63) is 59.1 Å². The summed E-state index contributed by atoms with van der Waals surface area (Å²) in [4.78, 5) is 40.8. The van der Waals surface area contributed by atoms with Crippen molar-refractivity contribution in [2.75, 3.05) is 25.5 Å². The maximum atomic E-state index is 12.8. The Morgan fingerprint density at radius 2 is 1.88 bits per heavy atom. The molecule has 136 valence electrons. The van der Waals surface area contributed by atoms with E-state index in [2.05, 4.69) is 15.6 Å². The van der Waals surface area contributed by atoms with Crippen LogP contribution in [-0.4, -0.2) is 47.7 Å². The lowest BCUT2D eigenvalue weighted by Crippen LogP contribution is -2.41. The van der Waals surface area contributed by atoms with Crippen LogP contribution in [0.15, 0.2) is 42.6 Å². The van der Waals surface area contributed by atoms with Crippen molar-refractivity contribution in [3.8, 4) is 0 Å². The number of aromatic nitrogens is 1. The quantitative estimate of drug-likeness (QED) is 0.800. The van der Waals surface area contributed by atoms with E-state index in [4.69, 9.17) is 11.6 Å². The van der Waals surface area contributed by atoms with E-state index in [0.717, 1.165) is 4.90 Å². The molecule has 7 nitrogen and oxygen atoms in total. The van der Waals surface area contributed by atoms with Crippen LogP contribution in [0.25, 0.3) is 0 Å². The van der Waals surface area contributed by atoms with Gasteiger partial charge in [-0.3, -0.25) is 19.4 Å². The Bertz CT molecular complexity index is 814. The van der Waals surface area contributed by atoms with E-state index in [-0.39, 0.29) is 18.8 Å². The summed E-state index contributed by atoms with van der Waals surface area (Å²) >= 11 is 5.77. The van der Waals surface area contributed by atoms with Gasteiger partial charge in [0.1, 0.15) is 11.5 Å². The molecule has 2 rings (SSSR count). The molecule has 0 spiro atoms. The Kier molecular flexibility index (Phi) is 6.62. The lowest BCUT2D eigenvalue weighted by molar-refractivity contribution is -0.132. The first kappa shape index (κ1) is 19.3. The van der Waals surface area contributed by atoms with E-state index < -0.39 is 23.5 Å². The summed E-state index contributed by atoms with van der Waals surface area (Å²) < 4.78 is 12.8. The van der Waals surface area contributed by atoms with Crippen LogP contribution in [0, 0.1) is 5.82 Å². The van der Waals surface area contributed by atoms with Crippen molar-refractivity contribution in [3.63, 3.8) is 0 Å². The predicted octanol–water partition coefficient (Wildman–Crippen LogP) is 1.70. The maximum absolute atomic E-state index is 12.8. The van der Waals surface area contributed by atoms with E-state index in [1.54, 1.807) is 0 Å². The average Bonchev–Trinajstić information content (AvgIpc) is 2.61. The second-order valence-electron chi connectivity index (χ2n) is 5.35. The molecular weight excluding hydrogens is 363 g/mol. The fourth-order valence-electron chi connectivity index (χ4n) is 1.95. The lowest BCUT2D eigenvalue weighted by Gasteiger charge is -2.17. The molecule has 26 heavy (non-hydrogen) atoms. The highest BCUT2D eigenvalue weighted by atomic mass is 35.5. The fourth-order valence-corrected chi connectivity index (χ4v) is 2.11. The van der Waals surface area contributed by atoms with Crippen LogP contribution in [0.5, 0.6) is 0 Å². The second-order valence-corrected chi connectivity index (χ2v) is 5.78. The summed E-state index contributed by atoms with van der Waals surface area (Å²) in [6, 6.07) is 8.15. The first-order chi connectivity index (χ1) is 12.3. The van der Waals surface area contributed by atoms with Gasteiger partial charge in [-0.15, -0.1) is 0 Å². The standard InChI is InChI=1S/C17H16ClFN4O3/c1-23(10-15(24)22-13-4-2-12(19)3-5-13)16(25)9-21-17(26)14-8-11(18)6-7-20-14/h2-8H,9-10H2,1H3,(H,21,26)(H,22,24). The molecule has 1 heterocycles. The zero-order chi connectivity index (χ0) is 19.1. The van der Waals surface area contributed by atoms with Crippen LogP contribution in [0.2, 0.25) is 5.02 Å². The van der Waals surface area contributed by atoms with Crippen LogP contribution in [0.4, 0.5) is 10.1 Å². The van der Waals surface area contributed by atoms with Crippen LogP contribution in [0.1, 0.15) is 10.5 Å². The predicted molar refractivity (Wildman–Crippen MR) is 94.2 cm³/mol. The van der Waals surface area contributed by atoms with Crippen molar-refractivity contribution >= 4 is 35.0 Å². The number of hydrogen-bond donors (Lipinski definition) is 2. The topological polar surface area (TPSA) is 91.4 Å². The number of nitrogens with zero attached hydrogens (tertiary/aromatic N) is 2. The van der Waals surface area contributed by atoms with Gasteiger partial charge in [0.2, 0.25) is 11.8 Å². The molecule has 0 aliphatic rings. The molecule has 0 bridgehead atoms. The normalized spacial score (nSPS) is 10.1. The molecule has 0 aliphatic heterocycles. The van der Waals surface area contributed by atoms with E-state index in [1.807, 2.05) is 0 Å². The number of carbonyl (C=O) groups is 3. The van der Waals surface area contributed by atoms with Gasteiger partial charge in [0.05, 0.1) is 13.1 Å². The summed E-state index contributed by atoms with van der Waals surface area (Å²) in [6.45, 7) is -0.519. The largest absolute Gasteiger partial charge is 0.342 e. The molecule has 0 radical (unpaired) electrons. The highest BCUT2D eigenvalue weighted by Gasteiger charge is 2.15. The molecule has 0 unspecified atom stereocenters. The van der Waals surface area contributed by atoms with Gasteiger partial charge in [-0.05, 0) is 36.4 Å². The number of benzene rings is 1. The lowest BCUT2D eigenvalue weighted by atomic mass is 10.3. The van der Waals surface area contributed by atoms with Crippen molar-refractivity contribution < 1.29 is 18.8 Å². The average molecular weight is 379 g/mol. The Balaban J connectivity index is 1.80. The number of pyridine rings is 1. The summed E-state index contributed by atoms with van der Waals surface area (Å²) in [7, 11) is 1.43. The molecule has 0 saturated carbocycles. The highest BCUT2D eigenvalue weighted by Crippen LogP contribution is 2.08. The maximum Gasteiger partial charge on any atom is 0.270 e. The summed E-state index contributed by atoms with van der Waals surface area (Å²) in [6.07, 6.45) is 1.38. The third-order valence-electron chi connectivity index (χ3n) is 3.29. The molecule has 0 fully saturated rings. The zero-order valence-corrected chi connectivity index (χ0v) is 14.6. The van der Waals surface area contributed by atoms with Gasteiger partial charge in [0, 0.05) is 24.0 Å².